The maximum Gasteiger partial charge on any atom is 0.245 e. The van der Waals surface area contributed by atoms with Gasteiger partial charge >= 0.3 is 0 Å². The van der Waals surface area contributed by atoms with E-state index in [-0.39, 0.29) is 12.2 Å². The topological polar surface area (TPSA) is 83.5 Å². The molecule has 2 heterocycles. The molecule has 1 saturated heterocycles. The molecule has 1 atom stereocenters. The lowest BCUT2D eigenvalue weighted by atomic mass is 9.94. The molecule has 3 rings (SSSR count). The largest absolute Gasteiger partial charge is 0.289 e. The van der Waals surface area contributed by atoms with Crippen LogP contribution in [0.5, 0.6) is 0 Å². The molecular weight excluding hydrogens is 370 g/mol. The van der Waals surface area contributed by atoms with E-state index in [2.05, 4.69) is 13.0 Å². The molecule has 0 spiro atoms. The van der Waals surface area contributed by atoms with Gasteiger partial charge in [-0.3, -0.25) is 10.0 Å². The normalized spacial score (nSPS) is 22.1. The third-order valence-corrected chi connectivity index (χ3v) is 9.17. The van der Waals surface area contributed by atoms with Crippen molar-refractivity contribution in [1.82, 2.24) is 5.48 Å². The Morgan fingerprint density at radius 1 is 1.23 bits per heavy atom. The molecule has 0 bridgehead atoms. The summed E-state index contributed by atoms with van der Waals surface area (Å²) in [6.45, 7) is 2.09. The van der Waals surface area contributed by atoms with Crippen LogP contribution in [0.1, 0.15) is 43.0 Å². The highest BCUT2D eigenvalue weighted by atomic mass is 32.2. The zero-order valence-corrected chi connectivity index (χ0v) is 16.3. The lowest BCUT2D eigenvalue weighted by Gasteiger charge is -2.35. The summed E-state index contributed by atoms with van der Waals surface area (Å²) in [6.07, 6.45) is 2.40. The molecule has 0 unspecified atom stereocenters. The fourth-order valence-electron chi connectivity index (χ4n) is 3.71. The summed E-state index contributed by atoms with van der Waals surface area (Å²) in [5.41, 5.74) is 3.90. The molecule has 2 aromatic rings. The van der Waals surface area contributed by atoms with Crippen molar-refractivity contribution in [3.05, 3.63) is 46.8 Å². The van der Waals surface area contributed by atoms with Crippen LogP contribution in [-0.4, -0.2) is 25.3 Å². The predicted octanol–water partition coefficient (Wildman–Crippen LogP) is 3.67. The monoisotopic (exact) mass is 393 g/mol. The molecule has 26 heavy (non-hydrogen) atoms. The molecule has 5 nitrogen and oxygen atoms in total. The standard InChI is InChI=1S/C19H23NO4S2/c1-2-14-7-3-4-8-15(14)16-9-10-17(25-16)19(13-18(21)20-22)11-5-6-12-26(19,23)24/h3-4,7-10,22H,2,5-6,11-13H2,1H3,(H,20,21)/t19-/m0/s1. The highest BCUT2D eigenvalue weighted by Crippen LogP contribution is 2.47. The fourth-order valence-corrected chi connectivity index (χ4v) is 7.55. The lowest BCUT2D eigenvalue weighted by Crippen LogP contribution is -2.43. The first-order valence-electron chi connectivity index (χ1n) is 8.77. The Hall–Kier alpha value is -1.70. The number of hydrogen-bond acceptors (Lipinski definition) is 5. The van der Waals surface area contributed by atoms with Crippen molar-refractivity contribution in [3.63, 3.8) is 0 Å². The van der Waals surface area contributed by atoms with Gasteiger partial charge in [-0.1, -0.05) is 37.6 Å². The van der Waals surface area contributed by atoms with Crippen LogP contribution in [-0.2, 0) is 25.8 Å². The van der Waals surface area contributed by atoms with Crippen LogP contribution < -0.4 is 5.48 Å². The van der Waals surface area contributed by atoms with Crippen LogP contribution in [0.15, 0.2) is 36.4 Å². The summed E-state index contributed by atoms with van der Waals surface area (Å²) in [5.74, 6) is -0.593. The summed E-state index contributed by atoms with van der Waals surface area (Å²) in [6, 6.07) is 11.9. The summed E-state index contributed by atoms with van der Waals surface area (Å²) in [4.78, 5) is 13.6. The third-order valence-electron chi connectivity index (χ3n) is 5.13. The number of thiophene rings is 1. The Labute approximate surface area is 157 Å². The number of carbonyl (C=O) groups excluding carboxylic acids is 1. The van der Waals surface area contributed by atoms with Crippen molar-refractivity contribution in [1.29, 1.82) is 0 Å². The second-order valence-corrected chi connectivity index (χ2v) is 10.2. The maximum atomic E-state index is 13.0. The molecule has 0 radical (unpaired) electrons. The van der Waals surface area contributed by atoms with E-state index in [9.17, 15) is 13.2 Å². The zero-order valence-electron chi connectivity index (χ0n) is 14.7. The number of sulfone groups is 1. The van der Waals surface area contributed by atoms with Crippen LogP contribution >= 0.6 is 11.3 Å². The Bertz CT molecular complexity index is 904. The first-order chi connectivity index (χ1) is 12.4. The van der Waals surface area contributed by atoms with Crippen LogP contribution in [0.4, 0.5) is 0 Å². The van der Waals surface area contributed by atoms with Crippen molar-refractivity contribution < 1.29 is 18.4 Å². The molecule has 1 aromatic carbocycles. The molecule has 1 amide bonds. The number of rotatable bonds is 5. The predicted molar refractivity (Wildman–Crippen MR) is 103 cm³/mol. The van der Waals surface area contributed by atoms with Crippen molar-refractivity contribution >= 4 is 27.1 Å². The van der Waals surface area contributed by atoms with E-state index >= 15 is 0 Å². The number of hydrogen-bond donors (Lipinski definition) is 2. The number of carbonyl (C=O) groups is 1. The minimum absolute atomic E-state index is 0.0739. The zero-order chi connectivity index (χ0) is 18.8. The van der Waals surface area contributed by atoms with Gasteiger partial charge in [0, 0.05) is 9.75 Å². The van der Waals surface area contributed by atoms with E-state index in [1.165, 1.54) is 16.9 Å². The van der Waals surface area contributed by atoms with E-state index in [1.54, 1.807) is 5.48 Å². The second-order valence-electron chi connectivity index (χ2n) is 6.66. The van der Waals surface area contributed by atoms with Crippen molar-refractivity contribution in [2.75, 3.05) is 5.75 Å². The summed E-state index contributed by atoms with van der Waals surface area (Å²) in [5, 5.41) is 8.96. The van der Waals surface area contributed by atoms with E-state index in [0.717, 1.165) is 23.3 Å². The van der Waals surface area contributed by atoms with Gasteiger partial charge in [0.2, 0.25) is 5.91 Å². The number of aryl methyl sites for hydroxylation is 1. The number of nitrogens with one attached hydrogen (secondary N) is 1. The van der Waals surface area contributed by atoms with E-state index < -0.39 is 20.5 Å². The first kappa shape index (κ1) is 19.1. The van der Waals surface area contributed by atoms with Gasteiger partial charge in [-0.2, -0.15) is 0 Å². The van der Waals surface area contributed by atoms with Crippen LogP contribution in [0.3, 0.4) is 0 Å². The van der Waals surface area contributed by atoms with Crippen molar-refractivity contribution in [2.45, 2.75) is 43.8 Å². The smallest absolute Gasteiger partial charge is 0.245 e. The molecular formula is C19H23NO4S2. The molecule has 0 aliphatic carbocycles. The third kappa shape index (κ3) is 3.31. The number of amides is 1. The Morgan fingerprint density at radius 3 is 2.69 bits per heavy atom. The molecule has 1 aromatic heterocycles. The maximum absolute atomic E-state index is 13.0. The quantitative estimate of drug-likeness (QED) is 0.600. The van der Waals surface area contributed by atoms with Crippen LogP contribution in [0.2, 0.25) is 0 Å². The van der Waals surface area contributed by atoms with Gasteiger partial charge in [-0.15, -0.1) is 11.3 Å². The van der Waals surface area contributed by atoms with E-state index in [4.69, 9.17) is 5.21 Å². The van der Waals surface area contributed by atoms with Crippen LogP contribution in [0, 0.1) is 0 Å². The molecule has 140 valence electrons. The van der Waals surface area contributed by atoms with Gasteiger partial charge < -0.3 is 0 Å². The van der Waals surface area contributed by atoms with Crippen LogP contribution in [0.25, 0.3) is 10.4 Å². The summed E-state index contributed by atoms with van der Waals surface area (Å²) >= 11 is 1.43. The van der Waals surface area contributed by atoms with Crippen molar-refractivity contribution in [2.24, 2.45) is 0 Å². The molecule has 1 fully saturated rings. The molecule has 0 saturated carbocycles. The Kier molecular flexibility index (Phi) is 5.50. The fraction of sp³-hybridized carbons (Fsp3) is 0.421. The average molecular weight is 394 g/mol. The Morgan fingerprint density at radius 2 is 2.00 bits per heavy atom. The van der Waals surface area contributed by atoms with Gasteiger partial charge in [0.15, 0.2) is 9.84 Å². The van der Waals surface area contributed by atoms with Gasteiger partial charge in [0.25, 0.3) is 0 Å². The molecule has 1 aliphatic rings. The van der Waals surface area contributed by atoms with Gasteiger partial charge in [-0.25, -0.2) is 13.9 Å². The van der Waals surface area contributed by atoms with Gasteiger partial charge in [-0.05, 0) is 42.5 Å². The highest BCUT2D eigenvalue weighted by Gasteiger charge is 2.49. The minimum atomic E-state index is -3.49. The average Bonchev–Trinajstić information content (AvgIpc) is 3.13. The highest BCUT2D eigenvalue weighted by molar-refractivity contribution is 7.92. The molecule has 7 heteroatoms. The second kappa shape index (κ2) is 7.50. The molecule has 1 aliphatic heterocycles. The van der Waals surface area contributed by atoms with E-state index in [1.807, 2.05) is 30.3 Å². The SMILES string of the molecule is CCc1ccccc1-c1ccc([C@@]2(CC(=O)NO)CCCCS2(=O)=O)s1. The number of benzene rings is 1. The minimum Gasteiger partial charge on any atom is -0.289 e. The molecule has 2 N–H and O–H groups in total. The Balaban J connectivity index is 2.09. The summed E-state index contributed by atoms with van der Waals surface area (Å²) < 4.78 is 24.7. The van der Waals surface area contributed by atoms with Gasteiger partial charge in [0.05, 0.1) is 12.2 Å². The summed E-state index contributed by atoms with van der Waals surface area (Å²) in [7, 11) is -3.49. The lowest BCUT2D eigenvalue weighted by molar-refractivity contribution is -0.130. The number of hydroxylamine groups is 1. The van der Waals surface area contributed by atoms with E-state index in [0.29, 0.717) is 17.7 Å². The van der Waals surface area contributed by atoms with Crippen molar-refractivity contribution in [3.8, 4) is 10.4 Å². The first-order valence-corrected chi connectivity index (χ1v) is 11.2. The van der Waals surface area contributed by atoms with Gasteiger partial charge in [0.1, 0.15) is 4.75 Å².